The van der Waals surface area contributed by atoms with Gasteiger partial charge in [0.25, 0.3) is 0 Å². The Kier molecular flexibility index (Phi) is 14.5. The number of anilines is 1. The zero-order valence-corrected chi connectivity index (χ0v) is 38.9. The highest BCUT2D eigenvalue weighted by atomic mass is 16.6. The van der Waals surface area contributed by atoms with Crippen LogP contribution < -0.4 is 15.0 Å². The van der Waals surface area contributed by atoms with Crippen LogP contribution >= 0.6 is 0 Å². The number of cyclic esters (lactones) is 1. The van der Waals surface area contributed by atoms with E-state index in [0.29, 0.717) is 46.4 Å². The van der Waals surface area contributed by atoms with Crippen molar-refractivity contribution in [2.75, 3.05) is 45.0 Å². The maximum atomic E-state index is 16.5. The fourth-order valence-electron chi connectivity index (χ4n) is 10.9. The van der Waals surface area contributed by atoms with Gasteiger partial charge in [-0.15, -0.1) is 0 Å². The molecule has 1 saturated carbocycles. The molecular weight excluding hydrogens is 891 g/mol. The van der Waals surface area contributed by atoms with Crippen molar-refractivity contribution < 1.29 is 53.4 Å². The quantitative estimate of drug-likeness (QED) is 0.0420. The van der Waals surface area contributed by atoms with E-state index in [0.717, 1.165) is 30.6 Å². The number of esters is 1. The summed E-state index contributed by atoms with van der Waals surface area (Å²) in [7, 11) is 1.45. The van der Waals surface area contributed by atoms with E-state index >= 15 is 14.4 Å². The number of methoxy groups -OCH3 is 1. The first-order valence-corrected chi connectivity index (χ1v) is 23.9. The van der Waals surface area contributed by atoms with Gasteiger partial charge in [-0.3, -0.25) is 19.3 Å². The molecule has 9 rings (SSSR count). The largest absolute Gasteiger partial charge is 0.491 e. The summed E-state index contributed by atoms with van der Waals surface area (Å²) in [5.74, 6) is 2.63. The number of imide groups is 1. The Hall–Kier alpha value is -6.86. The lowest BCUT2D eigenvalue weighted by Crippen LogP contribution is -2.56. The van der Waals surface area contributed by atoms with E-state index in [4.69, 9.17) is 18.9 Å². The van der Waals surface area contributed by atoms with Gasteiger partial charge in [0.1, 0.15) is 42.1 Å². The van der Waals surface area contributed by atoms with Gasteiger partial charge in [-0.2, -0.15) is 0 Å². The van der Waals surface area contributed by atoms with E-state index < -0.39 is 71.1 Å². The van der Waals surface area contributed by atoms with Crippen LogP contribution in [-0.2, 0) is 34.0 Å². The Morgan fingerprint density at radius 3 is 2.16 bits per heavy atom. The second kappa shape index (κ2) is 21.0. The minimum absolute atomic E-state index is 0.0303. The highest BCUT2D eigenvalue weighted by Gasteiger charge is 2.76. The molecule has 14 nitrogen and oxygen atoms in total. The van der Waals surface area contributed by atoms with Crippen LogP contribution in [0.3, 0.4) is 0 Å². The van der Waals surface area contributed by atoms with E-state index in [2.05, 4.69) is 17.2 Å². The molecule has 2 saturated heterocycles. The van der Waals surface area contributed by atoms with Crippen LogP contribution in [0.1, 0.15) is 96.2 Å². The summed E-state index contributed by atoms with van der Waals surface area (Å²) in [5, 5.41) is 35.9. The molecule has 14 heteroatoms. The number of hydrogen-bond donors (Lipinski definition) is 4. The van der Waals surface area contributed by atoms with Crippen molar-refractivity contribution in [1.29, 1.82) is 0 Å². The van der Waals surface area contributed by atoms with Crippen LogP contribution in [0.15, 0.2) is 133 Å². The maximum Gasteiger partial charge on any atom is 0.421 e. The fourth-order valence-corrected chi connectivity index (χ4v) is 10.9. The van der Waals surface area contributed by atoms with Crippen molar-refractivity contribution in [2.45, 2.75) is 79.9 Å². The Balaban J connectivity index is 1.33. The van der Waals surface area contributed by atoms with E-state index in [1.165, 1.54) is 7.11 Å². The number of carbonyl (C=O) groups is 4. The number of morpholine rings is 1. The molecule has 3 aliphatic heterocycles. The third kappa shape index (κ3) is 9.19. The highest BCUT2D eigenvalue weighted by molar-refractivity contribution is 6.23. The number of nitrogens with one attached hydrogen (secondary N) is 1. The molecule has 70 heavy (non-hydrogen) atoms. The van der Waals surface area contributed by atoms with Crippen LogP contribution in [0.25, 0.3) is 0 Å². The molecule has 0 unspecified atom stereocenters. The van der Waals surface area contributed by atoms with E-state index in [9.17, 15) is 20.1 Å². The normalized spacial score (nSPS) is 24.1. The summed E-state index contributed by atoms with van der Waals surface area (Å²) in [6.07, 6.45) is 1.40. The second-order valence-corrected chi connectivity index (χ2v) is 18.3. The first-order chi connectivity index (χ1) is 34.1. The summed E-state index contributed by atoms with van der Waals surface area (Å²) < 4.78 is 23.5. The highest BCUT2D eigenvalue weighted by Crippen LogP contribution is 2.66. The summed E-state index contributed by atoms with van der Waals surface area (Å²) in [6.45, 7) is -0.798. The van der Waals surface area contributed by atoms with E-state index in [1.54, 1.807) is 72.8 Å². The summed E-state index contributed by atoms with van der Waals surface area (Å²) >= 11 is 0. The molecule has 362 valence electrons. The average Bonchev–Trinajstić information content (AvgIpc) is 3.73. The van der Waals surface area contributed by atoms with Gasteiger partial charge in [0.2, 0.25) is 11.8 Å². The van der Waals surface area contributed by atoms with Crippen LogP contribution in [0.4, 0.5) is 10.5 Å². The molecule has 4 N–H and O–H groups in total. The monoisotopic (exact) mass is 947 g/mol. The third-order valence-electron chi connectivity index (χ3n) is 14.0. The lowest BCUT2D eigenvalue weighted by atomic mass is 9.65. The number of fused-ring (bicyclic) bond motifs is 3. The van der Waals surface area contributed by atoms with Crippen LogP contribution in [-0.4, -0.2) is 95.8 Å². The number of ether oxygens (including phenoxy) is 4. The molecule has 3 heterocycles. The summed E-state index contributed by atoms with van der Waals surface area (Å²) in [5.41, 5.74) is -0.354. The minimum Gasteiger partial charge on any atom is -0.491 e. The predicted octanol–water partition coefficient (Wildman–Crippen LogP) is 6.79. The van der Waals surface area contributed by atoms with Gasteiger partial charge < -0.3 is 39.6 Å². The standard InChI is InChI=1S/C56H57N3O11/c1-67-32-33-69-54(65)58-44-25-24-37(26-29-55(66)27-13-2-3-14-28-55)34-43(44)56(53(58)64)46(51(62)57-36-45(61)38-16-7-4-8-17-38)48-52(63)70-49(40-20-11-6-12-21-40)47(39-18-9-5-10-19-39)59(48)50(56)41-22-15-23-42(35-41)68-31-30-60/h4-12,15-25,34-35,45-50,60-61,66H,2-3,13-14,27-28,30-33,36H2,1H3,(H,57,62)/t45-,46+,47+,48+,49-,50-,56+/m0/s1. The fraction of sp³-hybridized carbons (Fsp3) is 0.357. The molecule has 5 aromatic carbocycles. The molecule has 3 fully saturated rings. The Morgan fingerprint density at radius 1 is 0.800 bits per heavy atom. The molecule has 0 bridgehead atoms. The molecule has 5 aromatic rings. The van der Waals surface area contributed by atoms with E-state index in [1.807, 2.05) is 65.6 Å². The number of amides is 3. The van der Waals surface area contributed by atoms with Crippen molar-refractivity contribution in [3.8, 4) is 17.6 Å². The Morgan fingerprint density at radius 2 is 1.47 bits per heavy atom. The summed E-state index contributed by atoms with van der Waals surface area (Å²) in [6, 6.07) is 35.7. The van der Waals surface area contributed by atoms with Crippen molar-refractivity contribution in [1.82, 2.24) is 10.2 Å². The number of aliphatic hydroxyl groups excluding tert-OH is 2. The zero-order chi connectivity index (χ0) is 48.8. The topological polar surface area (TPSA) is 184 Å². The van der Waals surface area contributed by atoms with Crippen molar-refractivity contribution in [3.05, 3.63) is 167 Å². The van der Waals surface area contributed by atoms with Crippen LogP contribution in [0.2, 0.25) is 0 Å². The van der Waals surface area contributed by atoms with Gasteiger partial charge in [0, 0.05) is 19.2 Å². The molecule has 0 radical (unpaired) electrons. The van der Waals surface area contributed by atoms with E-state index in [-0.39, 0.29) is 44.2 Å². The van der Waals surface area contributed by atoms with Crippen LogP contribution in [0.5, 0.6) is 5.75 Å². The molecule has 4 aliphatic rings. The first kappa shape index (κ1) is 48.2. The zero-order valence-electron chi connectivity index (χ0n) is 38.9. The van der Waals surface area contributed by atoms with Crippen molar-refractivity contribution in [2.24, 2.45) is 5.92 Å². The number of nitrogens with zero attached hydrogens (tertiary/aromatic N) is 2. The van der Waals surface area contributed by atoms with Crippen LogP contribution in [0, 0.1) is 17.8 Å². The SMILES string of the molecule is COCCOC(=O)N1C(=O)[C@@]2(c3cc(C#CC4(O)CCCCCC4)ccc31)[C@H](c1cccc(OCCO)c1)N1[C@H](c3ccccc3)[C@H](c3ccccc3)OC(=O)[C@H]1[C@@H]2C(=O)NC[C@H](O)c1ccccc1. The number of benzene rings is 5. The summed E-state index contributed by atoms with van der Waals surface area (Å²) in [4.78, 5) is 65.1. The maximum absolute atomic E-state index is 16.5. The number of rotatable bonds is 13. The molecule has 7 atom stereocenters. The van der Waals surface area contributed by atoms with Gasteiger partial charge in [-0.25, -0.2) is 9.69 Å². The van der Waals surface area contributed by atoms with Gasteiger partial charge in [-0.05, 0) is 83.8 Å². The molecule has 1 spiro atoms. The Bertz CT molecular complexity index is 2740. The predicted molar refractivity (Wildman–Crippen MR) is 258 cm³/mol. The average molecular weight is 948 g/mol. The molecule has 3 amide bonds. The number of hydrogen-bond acceptors (Lipinski definition) is 12. The third-order valence-corrected chi connectivity index (χ3v) is 14.0. The number of carbonyl (C=O) groups excluding carboxylic acids is 4. The number of aliphatic hydroxyl groups is 3. The van der Waals surface area contributed by atoms with Crippen molar-refractivity contribution in [3.63, 3.8) is 0 Å². The molecule has 1 aliphatic carbocycles. The van der Waals surface area contributed by atoms with Gasteiger partial charge in [0.15, 0.2) is 0 Å². The Labute approximate surface area is 407 Å². The molecule has 0 aromatic heterocycles. The first-order valence-electron chi connectivity index (χ1n) is 23.9. The minimum atomic E-state index is -2.15. The molecular formula is C56H57N3O11. The second-order valence-electron chi connectivity index (χ2n) is 18.3. The van der Waals surface area contributed by atoms with Gasteiger partial charge in [0.05, 0.1) is 43.0 Å². The smallest absolute Gasteiger partial charge is 0.421 e. The van der Waals surface area contributed by atoms with Gasteiger partial charge >= 0.3 is 12.1 Å². The van der Waals surface area contributed by atoms with Gasteiger partial charge in [-0.1, -0.05) is 128 Å². The lowest BCUT2D eigenvalue weighted by Gasteiger charge is -2.46. The van der Waals surface area contributed by atoms with Crippen molar-refractivity contribution >= 4 is 29.6 Å². The lowest BCUT2D eigenvalue weighted by molar-refractivity contribution is -0.178.